The SMILES string of the molecule is CN=C(N)NCc1nnc(C(C)C)s1.I. The van der Waals surface area contributed by atoms with Crippen molar-refractivity contribution in [2.45, 2.75) is 26.3 Å². The number of rotatable bonds is 3. The smallest absolute Gasteiger partial charge is 0.188 e. The van der Waals surface area contributed by atoms with Crippen LogP contribution >= 0.6 is 35.3 Å². The van der Waals surface area contributed by atoms with Crippen LogP contribution in [0.25, 0.3) is 0 Å². The van der Waals surface area contributed by atoms with Gasteiger partial charge in [0.25, 0.3) is 0 Å². The van der Waals surface area contributed by atoms with Gasteiger partial charge in [-0.25, -0.2) is 0 Å². The van der Waals surface area contributed by atoms with E-state index in [0.717, 1.165) is 10.0 Å². The second-order valence-corrected chi connectivity index (χ2v) is 4.24. The van der Waals surface area contributed by atoms with Gasteiger partial charge in [0.05, 0.1) is 6.54 Å². The van der Waals surface area contributed by atoms with Gasteiger partial charge in [-0.2, -0.15) is 0 Å². The van der Waals surface area contributed by atoms with Crippen molar-refractivity contribution in [2.24, 2.45) is 10.7 Å². The maximum absolute atomic E-state index is 5.48. The molecule has 0 amide bonds. The van der Waals surface area contributed by atoms with E-state index in [-0.39, 0.29) is 24.0 Å². The average molecular weight is 341 g/mol. The van der Waals surface area contributed by atoms with Crippen LogP contribution in [0.15, 0.2) is 4.99 Å². The molecule has 1 aromatic heterocycles. The standard InChI is InChI=1S/C8H15N5S.HI/c1-5(2)7-13-12-6(14-7)4-11-8(9)10-3;/h5H,4H2,1-3H3,(H3,9,10,11);1H. The molecule has 0 aromatic carbocycles. The number of nitrogens with one attached hydrogen (secondary N) is 1. The highest BCUT2D eigenvalue weighted by atomic mass is 127. The molecule has 1 aromatic rings. The van der Waals surface area contributed by atoms with Gasteiger partial charge in [-0.05, 0) is 0 Å². The molecule has 0 aliphatic heterocycles. The van der Waals surface area contributed by atoms with Crippen LogP contribution < -0.4 is 11.1 Å². The molecule has 86 valence electrons. The van der Waals surface area contributed by atoms with Gasteiger partial charge in [-0.3, -0.25) is 4.99 Å². The van der Waals surface area contributed by atoms with Crippen LogP contribution in [0.5, 0.6) is 0 Å². The van der Waals surface area contributed by atoms with Crippen molar-refractivity contribution in [1.29, 1.82) is 0 Å². The van der Waals surface area contributed by atoms with Crippen LogP contribution in [0.4, 0.5) is 0 Å². The highest BCUT2D eigenvalue weighted by Gasteiger charge is 2.07. The van der Waals surface area contributed by atoms with Gasteiger partial charge in [0.15, 0.2) is 5.96 Å². The molecule has 3 N–H and O–H groups in total. The minimum Gasteiger partial charge on any atom is -0.370 e. The van der Waals surface area contributed by atoms with Gasteiger partial charge in [0.2, 0.25) is 0 Å². The summed E-state index contributed by atoms with van der Waals surface area (Å²) in [5.41, 5.74) is 5.48. The molecule has 1 heterocycles. The number of hydrogen-bond donors (Lipinski definition) is 2. The van der Waals surface area contributed by atoms with E-state index in [9.17, 15) is 0 Å². The topological polar surface area (TPSA) is 76.2 Å². The Labute approximate surface area is 111 Å². The van der Waals surface area contributed by atoms with Crippen molar-refractivity contribution < 1.29 is 0 Å². The summed E-state index contributed by atoms with van der Waals surface area (Å²) in [5, 5.41) is 13.0. The fraction of sp³-hybridized carbons (Fsp3) is 0.625. The molecule has 5 nitrogen and oxygen atoms in total. The van der Waals surface area contributed by atoms with Gasteiger partial charge >= 0.3 is 0 Å². The van der Waals surface area contributed by atoms with E-state index in [1.54, 1.807) is 18.4 Å². The lowest BCUT2D eigenvalue weighted by Gasteiger charge is -1.99. The Balaban J connectivity index is 0.00000196. The first-order valence-corrected chi connectivity index (χ1v) is 5.23. The summed E-state index contributed by atoms with van der Waals surface area (Å²) in [6, 6.07) is 0. The molecule has 7 heteroatoms. The normalized spacial score (nSPS) is 11.3. The second-order valence-electron chi connectivity index (χ2n) is 3.15. The highest BCUT2D eigenvalue weighted by molar-refractivity contribution is 14.0. The summed E-state index contributed by atoms with van der Waals surface area (Å²) in [5.74, 6) is 0.852. The highest BCUT2D eigenvalue weighted by Crippen LogP contribution is 2.18. The summed E-state index contributed by atoms with van der Waals surface area (Å²) in [7, 11) is 1.64. The lowest BCUT2D eigenvalue weighted by molar-refractivity contribution is 0.806. The molecule has 0 atom stereocenters. The van der Waals surface area contributed by atoms with Crippen LogP contribution in [-0.2, 0) is 6.54 Å². The monoisotopic (exact) mass is 341 g/mol. The molecule has 0 unspecified atom stereocenters. The lowest BCUT2D eigenvalue weighted by atomic mass is 10.2. The quantitative estimate of drug-likeness (QED) is 0.494. The summed E-state index contributed by atoms with van der Waals surface area (Å²) < 4.78 is 0. The van der Waals surface area contributed by atoms with E-state index >= 15 is 0 Å². The first-order valence-electron chi connectivity index (χ1n) is 4.42. The van der Waals surface area contributed by atoms with Gasteiger partial charge in [0.1, 0.15) is 10.0 Å². The van der Waals surface area contributed by atoms with Gasteiger partial charge in [-0.1, -0.05) is 25.2 Å². The largest absolute Gasteiger partial charge is 0.370 e. The fourth-order valence-electron chi connectivity index (χ4n) is 0.817. The third-order valence-electron chi connectivity index (χ3n) is 1.64. The van der Waals surface area contributed by atoms with Crippen LogP contribution in [0.2, 0.25) is 0 Å². The lowest BCUT2D eigenvalue weighted by Crippen LogP contribution is -2.30. The molecule has 15 heavy (non-hydrogen) atoms. The van der Waals surface area contributed by atoms with Crippen LogP contribution in [0.1, 0.15) is 29.8 Å². The summed E-state index contributed by atoms with van der Waals surface area (Å²) in [6.45, 7) is 4.78. The Morgan fingerprint density at radius 1 is 1.53 bits per heavy atom. The number of aromatic nitrogens is 2. The molecule has 0 spiro atoms. The van der Waals surface area contributed by atoms with Crippen molar-refractivity contribution in [1.82, 2.24) is 15.5 Å². The fourth-order valence-corrected chi connectivity index (χ4v) is 1.60. The Hall–Kier alpha value is -0.440. The van der Waals surface area contributed by atoms with Crippen LogP contribution in [-0.4, -0.2) is 23.2 Å². The summed E-state index contributed by atoms with van der Waals surface area (Å²) in [4.78, 5) is 3.79. The molecule has 0 aliphatic carbocycles. The van der Waals surface area contributed by atoms with Crippen molar-refractivity contribution in [2.75, 3.05) is 7.05 Å². The maximum Gasteiger partial charge on any atom is 0.188 e. The number of guanidine groups is 1. The molecule has 0 fully saturated rings. The van der Waals surface area contributed by atoms with E-state index in [4.69, 9.17) is 5.73 Å². The zero-order valence-corrected chi connectivity index (χ0v) is 12.2. The third kappa shape index (κ3) is 4.74. The van der Waals surface area contributed by atoms with E-state index < -0.39 is 0 Å². The molecule has 0 aliphatic rings. The number of nitrogens with zero attached hydrogens (tertiary/aromatic N) is 3. The van der Waals surface area contributed by atoms with E-state index in [0.29, 0.717) is 18.4 Å². The Kier molecular flexibility index (Phi) is 6.73. The minimum atomic E-state index is 0. The first-order chi connectivity index (χ1) is 6.63. The number of hydrogen-bond acceptors (Lipinski definition) is 4. The van der Waals surface area contributed by atoms with Crippen LogP contribution in [0, 0.1) is 0 Å². The summed E-state index contributed by atoms with van der Waals surface area (Å²) >= 11 is 1.60. The van der Waals surface area contributed by atoms with E-state index in [1.165, 1.54) is 0 Å². The molecular formula is C8H16IN5S. The van der Waals surface area contributed by atoms with Crippen molar-refractivity contribution in [3.05, 3.63) is 10.0 Å². The molecule has 0 radical (unpaired) electrons. The first kappa shape index (κ1) is 14.6. The zero-order valence-electron chi connectivity index (χ0n) is 9.02. The van der Waals surface area contributed by atoms with Crippen molar-refractivity contribution >= 4 is 41.3 Å². The van der Waals surface area contributed by atoms with E-state index in [2.05, 4.69) is 34.4 Å². The predicted molar refractivity (Wildman–Crippen MR) is 73.8 cm³/mol. The minimum absolute atomic E-state index is 0. The number of aliphatic imine (C=N–C) groups is 1. The molecule has 0 saturated heterocycles. The molecule has 0 saturated carbocycles. The van der Waals surface area contributed by atoms with Crippen LogP contribution in [0.3, 0.4) is 0 Å². The second kappa shape index (κ2) is 6.94. The Bertz CT molecular complexity index is 323. The van der Waals surface area contributed by atoms with Gasteiger partial charge in [-0.15, -0.1) is 34.2 Å². The molecule has 0 bridgehead atoms. The Morgan fingerprint density at radius 2 is 2.20 bits per heavy atom. The zero-order chi connectivity index (χ0) is 10.6. The predicted octanol–water partition coefficient (Wildman–Crippen LogP) is 1.31. The van der Waals surface area contributed by atoms with Gasteiger partial charge < -0.3 is 11.1 Å². The number of halogens is 1. The summed E-state index contributed by atoms with van der Waals surface area (Å²) in [6.07, 6.45) is 0. The average Bonchev–Trinajstić information content (AvgIpc) is 2.62. The van der Waals surface area contributed by atoms with Gasteiger partial charge in [0, 0.05) is 13.0 Å². The van der Waals surface area contributed by atoms with Crippen molar-refractivity contribution in [3.63, 3.8) is 0 Å². The molecular weight excluding hydrogens is 325 g/mol. The Morgan fingerprint density at radius 3 is 2.67 bits per heavy atom. The van der Waals surface area contributed by atoms with E-state index in [1.807, 2.05) is 0 Å². The van der Waals surface area contributed by atoms with Crippen molar-refractivity contribution in [3.8, 4) is 0 Å². The number of nitrogens with two attached hydrogens (primary N) is 1. The molecule has 1 rings (SSSR count). The third-order valence-corrected chi connectivity index (χ3v) is 2.86. The maximum atomic E-state index is 5.48.